The molecule has 25 heavy (non-hydrogen) atoms. The maximum atomic E-state index is 10.6. The van der Waals surface area contributed by atoms with Crippen molar-refractivity contribution in [1.29, 1.82) is 0 Å². The summed E-state index contributed by atoms with van der Waals surface area (Å²) in [6.45, 7) is 4.61. The molecule has 0 heterocycles. The molecule has 0 spiro atoms. The Bertz CT molecular complexity index is 494. The lowest BCUT2D eigenvalue weighted by atomic mass is 9.80. The first-order valence-electron chi connectivity index (χ1n) is 10.2. The molecule has 4 atom stereocenters. The fourth-order valence-corrected chi connectivity index (χ4v) is 4.81. The van der Waals surface area contributed by atoms with Gasteiger partial charge in [-0.1, -0.05) is 56.9 Å². The standard InChI is InChI=1S/C22H36O3/c1-3-4-5-9-19(23)12-11-18-13-14-22(2)16-17(15-20(18)22)8-6-7-10-21(24)25/h8,11-12,18-20,23H,3-7,9-10,13-16H2,1-2H3,(H,24,25)/b12-11+,17-8-/t18?,19-,20?,22+/m0/s1. The van der Waals surface area contributed by atoms with Gasteiger partial charge in [0.15, 0.2) is 0 Å². The molecule has 0 radical (unpaired) electrons. The van der Waals surface area contributed by atoms with Gasteiger partial charge in [0.25, 0.3) is 0 Å². The zero-order chi connectivity index (χ0) is 18.3. The second kappa shape index (κ2) is 9.56. The molecular formula is C22H36O3. The van der Waals surface area contributed by atoms with Crippen molar-refractivity contribution in [3.05, 3.63) is 23.8 Å². The minimum atomic E-state index is -0.698. The zero-order valence-electron chi connectivity index (χ0n) is 16.0. The van der Waals surface area contributed by atoms with Crippen molar-refractivity contribution in [2.75, 3.05) is 0 Å². The van der Waals surface area contributed by atoms with E-state index in [2.05, 4.69) is 26.0 Å². The van der Waals surface area contributed by atoms with Crippen molar-refractivity contribution in [1.82, 2.24) is 0 Å². The van der Waals surface area contributed by atoms with Crippen LogP contribution in [0.15, 0.2) is 23.8 Å². The molecule has 2 aliphatic carbocycles. The number of aliphatic hydroxyl groups excluding tert-OH is 1. The molecule has 3 nitrogen and oxygen atoms in total. The highest BCUT2D eigenvalue weighted by atomic mass is 16.4. The maximum Gasteiger partial charge on any atom is 0.303 e. The van der Waals surface area contributed by atoms with E-state index in [0.717, 1.165) is 32.1 Å². The lowest BCUT2D eigenvalue weighted by Gasteiger charge is -2.25. The minimum absolute atomic E-state index is 0.270. The Morgan fingerprint density at radius 3 is 2.88 bits per heavy atom. The van der Waals surface area contributed by atoms with Gasteiger partial charge in [-0.3, -0.25) is 4.79 Å². The quantitative estimate of drug-likeness (QED) is 0.405. The monoisotopic (exact) mass is 348 g/mol. The molecule has 0 aromatic rings. The van der Waals surface area contributed by atoms with E-state index in [0.29, 0.717) is 17.3 Å². The summed E-state index contributed by atoms with van der Waals surface area (Å²) in [6, 6.07) is 0. The largest absolute Gasteiger partial charge is 0.481 e. The smallest absolute Gasteiger partial charge is 0.303 e. The third-order valence-corrected chi connectivity index (χ3v) is 6.29. The summed E-state index contributed by atoms with van der Waals surface area (Å²) >= 11 is 0. The number of carbonyl (C=O) groups is 1. The predicted molar refractivity (Wildman–Crippen MR) is 102 cm³/mol. The molecular weight excluding hydrogens is 312 g/mol. The van der Waals surface area contributed by atoms with Crippen molar-refractivity contribution < 1.29 is 15.0 Å². The third-order valence-electron chi connectivity index (χ3n) is 6.29. The summed E-state index contributed by atoms with van der Waals surface area (Å²) in [7, 11) is 0. The molecule has 3 heteroatoms. The summed E-state index contributed by atoms with van der Waals surface area (Å²) < 4.78 is 0. The molecule has 2 rings (SSSR count). The summed E-state index contributed by atoms with van der Waals surface area (Å²) in [5.74, 6) is 0.587. The molecule has 0 aromatic carbocycles. The first-order chi connectivity index (χ1) is 11.9. The Morgan fingerprint density at radius 1 is 1.36 bits per heavy atom. The van der Waals surface area contributed by atoms with Crippen LogP contribution in [0.25, 0.3) is 0 Å². The number of carboxylic acid groups (broad SMARTS) is 1. The van der Waals surface area contributed by atoms with E-state index in [1.54, 1.807) is 0 Å². The molecule has 0 aromatic heterocycles. The fourth-order valence-electron chi connectivity index (χ4n) is 4.81. The van der Waals surface area contributed by atoms with E-state index >= 15 is 0 Å². The van der Waals surface area contributed by atoms with Gasteiger partial charge in [0.2, 0.25) is 0 Å². The van der Waals surface area contributed by atoms with Crippen LogP contribution in [0, 0.1) is 17.3 Å². The molecule has 0 aliphatic heterocycles. The van der Waals surface area contributed by atoms with Crippen LogP contribution in [0.4, 0.5) is 0 Å². The lowest BCUT2D eigenvalue weighted by molar-refractivity contribution is -0.137. The van der Waals surface area contributed by atoms with Gasteiger partial charge < -0.3 is 10.2 Å². The summed E-state index contributed by atoms with van der Waals surface area (Å²) in [5.41, 5.74) is 1.93. The van der Waals surface area contributed by atoms with E-state index in [1.165, 1.54) is 37.7 Å². The van der Waals surface area contributed by atoms with Crippen LogP contribution in [0.2, 0.25) is 0 Å². The molecule has 0 bridgehead atoms. The highest BCUT2D eigenvalue weighted by molar-refractivity contribution is 5.66. The second-order valence-corrected chi connectivity index (χ2v) is 8.44. The van der Waals surface area contributed by atoms with Crippen LogP contribution in [0.1, 0.15) is 84.5 Å². The van der Waals surface area contributed by atoms with Crippen LogP contribution in [-0.2, 0) is 4.79 Å². The summed E-state index contributed by atoms with van der Waals surface area (Å²) in [6.07, 6.45) is 17.5. The summed E-state index contributed by atoms with van der Waals surface area (Å²) in [4.78, 5) is 10.6. The Morgan fingerprint density at radius 2 is 2.16 bits per heavy atom. The number of aliphatic carboxylic acids is 1. The summed E-state index contributed by atoms with van der Waals surface area (Å²) in [5, 5.41) is 18.9. The molecule has 2 unspecified atom stereocenters. The first-order valence-corrected chi connectivity index (χ1v) is 10.2. The van der Waals surface area contributed by atoms with Crippen LogP contribution in [0.5, 0.6) is 0 Å². The maximum absolute atomic E-state index is 10.6. The van der Waals surface area contributed by atoms with Crippen LogP contribution in [0.3, 0.4) is 0 Å². The van der Waals surface area contributed by atoms with E-state index in [1.807, 2.05) is 6.08 Å². The van der Waals surface area contributed by atoms with Crippen LogP contribution in [-0.4, -0.2) is 22.3 Å². The number of carboxylic acids is 1. The lowest BCUT2D eigenvalue weighted by Crippen LogP contribution is -2.18. The topological polar surface area (TPSA) is 57.5 Å². The number of aliphatic hydroxyl groups is 1. The van der Waals surface area contributed by atoms with E-state index in [9.17, 15) is 9.90 Å². The number of unbranched alkanes of at least 4 members (excludes halogenated alkanes) is 3. The van der Waals surface area contributed by atoms with Gasteiger partial charge in [0, 0.05) is 6.42 Å². The minimum Gasteiger partial charge on any atom is -0.481 e. The highest BCUT2D eigenvalue weighted by Gasteiger charge is 2.48. The zero-order valence-corrected chi connectivity index (χ0v) is 16.0. The SMILES string of the molecule is CCCCC[C@H](O)/C=C/C1CC[C@]2(C)C/C(=C\CCCC(=O)O)CC12. The van der Waals surface area contributed by atoms with Crippen molar-refractivity contribution in [3.8, 4) is 0 Å². The molecule has 0 saturated heterocycles. The molecule has 2 saturated carbocycles. The van der Waals surface area contributed by atoms with Crippen molar-refractivity contribution in [2.24, 2.45) is 17.3 Å². The molecule has 2 fully saturated rings. The van der Waals surface area contributed by atoms with Crippen LogP contribution < -0.4 is 0 Å². The number of allylic oxidation sites excluding steroid dienone is 3. The van der Waals surface area contributed by atoms with Gasteiger partial charge in [-0.25, -0.2) is 0 Å². The number of hydrogen-bond acceptors (Lipinski definition) is 2. The van der Waals surface area contributed by atoms with Gasteiger partial charge in [-0.05, 0) is 62.2 Å². The highest BCUT2D eigenvalue weighted by Crippen LogP contribution is 2.58. The van der Waals surface area contributed by atoms with E-state index in [-0.39, 0.29) is 12.5 Å². The van der Waals surface area contributed by atoms with Gasteiger partial charge in [-0.2, -0.15) is 0 Å². The Labute approximate surface area is 153 Å². The number of rotatable bonds is 10. The molecule has 142 valence electrons. The Balaban J connectivity index is 1.84. The van der Waals surface area contributed by atoms with Gasteiger partial charge in [0.05, 0.1) is 6.10 Å². The number of hydrogen-bond donors (Lipinski definition) is 2. The van der Waals surface area contributed by atoms with E-state index < -0.39 is 5.97 Å². The van der Waals surface area contributed by atoms with Crippen molar-refractivity contribution >= 4 is 5.97 Å². The van der Waals surface area contributed by atoms with Gasteiger partial charge >= 0.3 is 5.97 Å². The van der Waals surface area contributed by atoms with Crippen LogP contribution >= 0.6 is 0 Å². The third kappa shape index (κ3) is 5.99. The van der Waals surface area contributed by atoms with E-state index in [4.69, 9.17) is 5.11 Å². The average Bonchev–Trinajstić information content (AvgIpc) is 3.03. The van der Waals surface area contributed by atoms with Gasteiger partial charge in [0.1, 0.15) is 0 Å². The fraction of sp³-hybridized carbons (Fsp3) is 0.773. The normalized spacial score (nSPS) is 31.7. The Hall–Kier alpha value is -1.09. The van der Waals surface area contributed by atoms with Crippen molar-refractivity contribution in [2.45, 2.75) is 90.6 Å². The average molecular weight is 349 g/mol. The predicted octanol–water partition coefficient (Wildman–Crippen LogP) is 5.49. The Kier molecular flexibility index (Phi) is 7.74. The van der Waals surface area contributed by atoms with Gasteiger partial charge in [-0.15, -0.1) is 0 Å². The molecule has 2 aliphatic rings. The van der Waals surface area contributed by atoms with Crippen molar-refractivity contribution in [3.63, 3.8) is 0 Å². The molecule has 2 N–H and O–H groups in total. The number of fused-ring (bicyclic) bond motifs is 1. The second-order valence-electron chi connectivity index (χ2n) is 8.44. The molecule has 0 amide bonds. The first kappa shape index (κ1) is 20.2.